The molecule has 0 amide bonds. The highest BCUT2D eigenvalue weighted by Gasteiger charge is 2.17. The Bertz CT molecular complexity index is 360. The van der Waals surface area contributed by atoms with Crippen LogP contribution >= 0.6 is 0 Å². The van der Waals surface area contributed by atoms with Crippen LogP contribution in [0.5, 0.6) is 5.75 Å². The summed E-state index contributed by atoms with van der Waals surface area (Å²) in [7, 11) is 1.66. The standard InChI is InChI=1S/C11H13NO2/c1-8-6-11(12-14-8)9-4-3-5-10(7-9)13-2/h3-5,7-8H,6H2,1-2H3. The van der Waals surface area contributed by atoms with Crippen molar-refractivity contribution < 1.29 is 9.57 Å². The Morgan fingerprint density at radius 3 is 3.00 bits per heavy atom. The fraction of sp³-hybridized carbons (Fsp3) is 0.364. The van der Waals surface area contributed by atoms with Crippen LogP contribution in [0.3, 0.4) is 0 Å². The largest absolute Gasteiger partial charge is 0.497 e. The fourth-order valence-corrected chi connectivity index (χ4v) is 1.47. The molecule has 3 nitrogen and oxygen atoms in total. The molecule has 1 aliphatic heterocycles. The number of nitrogens with zero attached hydrogens (tertiary/aromatic N) is 1. The molecule has 1 atom stereocenters. The van der Waals surface area contributed by atoms with Gasteiger partial charge >= 0.3 is 0 Å². The Morgan fingerprint density at radius 1 is 1.50 bits per heavy atom. The molecule has 1 unspecified atom stereocenters. The van der Waals surface area contributed by atoms with Gasteiger partial charge in [0.2, 0.25) is 0 Å². The SMILES string of the molecule is COc1cccc(C2=NOC(C)C2)c1. The molecule has 3 heteroatoms. The quantitative estimate of drug-likeness (QED) is 0.717. The lowest BCUT2D eigenvalue weighted by molar-refractivity contribution is 0.0995. The number of benzene rings is 1. The van der Waals surface area contributed by atoms with Crippen molar-refractivity contribution in [3.05, 3.63) is 29.8 Å². The van der Waals surface area contributed by atoms with Gasteiger partial charge in [-0.15, -0.1) is 0 Å². The summed E-state index contributed by atoms with van der Waals surface area (Å²) >= 11 is 0. The van der Waals surface area contributed by atoms with Gasteiger partial charge in [0.05, 0.1) is 12.8 Å². The van der Waals surface area contributed by atoms with E-state index in [0.29, 0.717) is 0 Å². The van der Waals surface area contributed by atoms with E-state index in [9.17, 15) is 0 Å². The molecule has 0 fully saturated rings. The van der Waals surface area contributed by atoms with Crippen molar-refractivity contribution >= 4 is 5.71 Å². The fourth-order valence-electron chi connectivity index (χ4n) is 1.47. The van der Waals surface area contributed by atoms with Crippen LogP contribution in [0.4, 0.5) is 0 Å². The van der Waals surface area contributed by atoms with Gasteiger partial charge < -0.3 is 9.57 Å². The molecule has 0 spiro atoms. The van der Waals surface area contributed by atoms with Crippen molar-refractivity contribution in [3.63, 3.8) is 0 Å². The van der Waals surface area contributed by atoms with Gasteiger partial charge in [0.25, 0.3) is 0 Å². The van der Waals surface area contributed by atoms with Crippen LogP contribution < -0.4 is 4.74 Å². The van der Waals surface area contributed by atoms with E-state index in [-0.39, 0.29) is 6.10 Å². The van der Waals surface area contributed by atoms with E-state index in [0.717, 1.165) is 23.4 Å². The summed E-state index contributed by atoms with van der Waals surface area (Å²) in [5.41, 5.74) is 2.07. The number of oxime groups is 1. The summed E-state index contributed by atoms with van der Waals surface area (Å²) in [6.45, 7) is 2.01. The third-order valence-corrected chi connectivity index (χ3v) is 2.23. The Kier molecular flexibility index (Phi) is 2.39. The zero-order chi connectivity index (χ0) is 9.97. The molecule has 1 aliphatic rings. The van der Waals surface area contributed by atoms with Crippen LogP contribution in [0.25, 0.3) is 0 Å². The van der Waals surface area contributed by atoms with Gasteiger partial charge in [-0.25, -0.2) is 0 Å². The van der Waals surface area contributed by atoms with Gasteiger partial charge in [-0.1, -0.05) is 17.3 Å². The van der Waals surface area contributed by atoms with E-state index >= 15 is 0 Å². The van der Waals surface area contributed by atoms with Crippen molar-refractivity contribution in [1.29, 1.82) is 0 Å². The molecule has 0 bridgehead atoms. The second-order valence-corrected chi connectivity index (χ2v) is 3.39. The molecule has 1 heterocycles. The number of ether oxygens (including phenoxy) is 1. The molecule has 0 radical (unpaired) electrons. The van der Waals surface area contributed by atoms with Crippen molar-refractivity contribution in [2.24, 2.45) is 5.16 Å². The number of rotatable bonds is 2. The van der Waals surface area contributed by atoms with Crippen LogP contribution in [0.1, 0.15) is 18.9 Å². The predicted molar refractivity (Wildman–Crippen MR) is 54.7 cm³/mol. The molecule has 0 saturated carbocycles. The first-order chi connectivity index (χ1) is 6.79. The maximum Gasteiger partial charge on any atom is 0.130 e. The normalized spacial score (nSPS) is 20.1. The summed E-state index contributed by atoms with van der Waals surface area (Å²) in [5, 5.41) is 4.02. The van der Waals surface area contributed by atoms with E-state index in [2.05, 4.69) is 5.16 Å². The van der Waals surface area contributed by atoms with Crippen molar-refractivity contribution in [2.75, 3.05) is 7.11 Å². The lowest BCUT2D eigenvalue weighted by Crippen LogP contribution is -2.03. The summed E-state index contributed by atoms with van der Waals surface area (Å²) in [5.74, 6) is 0.852. The van der Waals surface area contributed by atoms with Crippen LogP contribution in [0, 0.1) is 0 Å². The molecule has 0 saturated heterocycles. The Hall–Kier alpha value is -1.51. The third kappa shape index (κ3) is 1.71. The van der Waals surface area contributed by atoms with E-state index in [1.807, 2.05) is 31.2 Å². The zero-order valence-electron chi connectivity index (χ0n) is 8.36. The van der Waals surface area contributed by atoms with Crippen molar-refractivity contribution in [1.82, 2.24) is 0 Å². The van der Waals surface area contributed by atoms with Gasteiger partial charge in [-0.2, -0.15) is 0 Å². The molecule has 74 valence electrons. The van der Waals surface area contributed by atoms with Crippen molar-refractivity contribution in [3.8, 4) is 5.75 Å². The minimum Gasteiger partial charge on any atom is -0.497 e. The minimum absolute atomic E-state index is 0.191. The van der Waals surface area contributed by atoms with Crippen LogP contribution in [-0.2, 0) is 4.84 Å². The maximum absolute atomic E-state index is 5.15. The average Bonchev–Trinajstić information content (AvgIpc) is 2.65. The van der Waals surface area contributed by atoms with Crippen LogP contribution in [-0.4, -0.2) is 18.9 Å². The number of hydrogen-bond donors (Lipinski definition) is 0. The smallest absolute Gasteiger partial charge is 0.130 e. The monoisotopic (exact) mass is 191 g/mol. The highest BCUT2D eigenvalue weighted by molar-refractivity contribution is 6.01. The molecule has 2 rings (SSSR count). The van der Waals surface area contributed by atoms with Gasteiger partial charge in [0, 0.05) is 12.0 Å². The Morgan fingerprint density at radius 2 is 2.36 bits per heavy atom. The summed E-state index contributed by atoms with van der Waals surface area (Å²) < 4.78 is 5.15. The minimum atomic E-state index is 0.191. The van der Waals surface area contributed by atoms with Gasteiger partial charge in [0.15, 0.2) is 0 Å². The second kappa shape index (κ2) is 3.70. The highest BCUT2D eigenvalue weighted by atomic mass is 16.6. The lowest BCUT2D eigenvalue weighted by atomic mass is 10.1. The predicted octanol–water partition coefficient (Wildman–Crippen LogP) is 2.21. The first-order valence-corrected chi connectivity index (χ1v) is 4.66. The molecule has 1 aromatic carbocycles. The Balaban J connectivity index is 2.24. The van der Waals surface area contributed by atoms with Crippen LogP contribution in [0.15, 0.2) is 29.4 Å². The summed E-state index contributed by atoms with van der Waals surface area (Å²) in [6.07, 6.45) is 1.06. The molecule has 0 aromatic heterocycles. The highest BCUT2D eigenvalue weighted by Crippen LogP contribution is 2.19. The zero-order valence-corrected chi connectivity index (χ0v) is 8.36. The first-order valence-electron chi connectivity index (χ1n) is 4.66. The lowest BCUT2D eigenvalue weighted by Gasteiger charge is -2.02. The topological polar surface area (TPSA) is 30.8 Å². The van der Waals surface area contributed by atoms with Gasteiger partial charge in [0.1, 0.15) is 11.9 Å². The molecule has 0 N–H and O–H groups in total. The first kappa shape index (κ1) is 9.06. The Labute approximate surface area is 83.3 Å². The van der Waals surface area contributed by atoms with E-state index in [1.165, 1.54) is 0 Å². The maximum atomic E-state index is 5.15. The third-order valence-electron chi connectivity index (χ3n) is 2.23. The number of hydrogen-bond acceptors (Lipinski definition) is 3. The molecule has 1 aromatic rings. The molecular formula is C11H13NO2. The van der Waals surface area contributed by atoms with E-state index in [4.69, 9.17) is 9.57 Å². The molecular weight excluding hydrogens is 178 g/mol. The average molecular weight is 191 g/mol. The van der Waals surface area contributed by atoms with Crippen LogP contribution in [0.2, 0.25) is 0 Å². The number of methoxy groups -OCH3 is 1. The molecule has 14 heavy (non-hydrogen) atoms. The van der Waals surface area contributed by atoms with Gasteiger partial charge in [-0.05, 0) is 19.1 Å². The van der Waals surface area contributed by atoms with Crippen molar-refractivity contribution in [2.45, 2.75) is 19.4 Å². The van der Waals surface area contributed by atoms with Gasteiger partial charge in [-0.3, -0.25) is 0 Å². The summed E-state index contributed by atoms with van der Waals surface area (Å²) in [6, 6.07) is 7.87. The van der Waals surface area contributed by atoms with E-state index < -0.39 is 0 Å². The van der Waals surface area contributed by atoms with E-state index in [1.54, 1.807) is 7.11 Å². The second-order valence-electron chi connectivity index (χ2n) is 3.39. The molecule has 0 aliphatic carbocycles. The summed E-state index contributed by atoms with van der Waals surface area (Å²) in [4.78, 5) is 5.14.